The van der Waals surface area contributed by atoms with Gasteiger partial charge in [0.05, 0.1) is 0 Å². The standard InChI is InChI=1S/C12H17NSe/c1-3-9-13-11(2)10-14-12-7-5-4-6-8-12/h3-8,11,13H,1,9-10H2,2H3. The van der Waals surface area contributed by atoms with Crippen molar-refractivity contribution in [3.05, 3.63) is 43.0 Å². The summed E-state index contributed by atoms with van der Waals surface area (Å²) < 4.78 is 1.48. The molecule has 2 heteroatoms. The molecule has 0 bridgehead atoms. The molecule has 1 N–H and O–H groups in total. The fraction of sp³-hybridized carbons (Fsp3) is 0.333. The molecule has 1 aromatic carbocycles. The average Bonchev–Trinajstić information content (AvgIpc) is 2.25. The van der Waals surface area contributed by atoms with Crippen molar-refractivity contribution >= 4 is 19.4 Å². The first-order valence-corrected chi connectivity index (χ1v) is 6.92. The molecule has 0 aliphatic heterocycles. The van der Waals surface area contributed by atoms with Crippen molar-refractivity contribution in [2.24, 2.45) is 0 Å². The Morgan fingerprint density at radius 3 is 2.79 bits per heavy atom. The van der Waals surface area contributed by atoms with Crippen molar-refractivity contribution in [3.63, 3.8) is 0 Å². The molecule has 0 heterocycles. The van der Waals surface area contributed by atoms with Crippen molar-refractivity contribution in [2.45, 2.75) is 18.3 Å². The van der Waals surface area contributed by atoms with E-state index in [2.05, 4.69) is 49.2 Å². The minimum absolute atomic E-state index is 0.591. The topological polar surface area (TPSA) is 12.0 Å². The van der Waals surface area contributed by atoms with Gasteiger partial charge in [-0.3, -0.25) is 0 Å². The summed E-state index contributed by atoms with van der Waals surface area (Å²) in [6.07, 6.45) is 1.91. The van der Waals surface area contributed by atoms with Gasteiger partial charge in [0.25, 0.3) is 0 Å². The van der Waals surface area contributed by atoms with Crippen LogP contribution in [-0.4, -0.2) is 27.5 Å². The molecule has 0 saturated heterocycles. The van der Waals surface area contributed by atoms with Crippen LogP contribution in [0.15, 0.2) is 43.0 Å². The van der Waals surface area contributed by atoms with E-state index in [1.54, 1.807) is 0 Å². The van der Waals surface area contributed by atoms with Crippen molar-refractivity contribution in [1.82, 2.24) is 5.32 Å². The van der Waals surface area contributed by atoms with Crippen LogP contribution in [-0.2, 0) is 0 Å². The number of rotatable bonds is 6. The van der Waals surface area contributed by atoms with Gasteiger partial charge in [-0.05, 0) is 0 Å². The second-order valence-electron chi connectivity index (χ2n) is 3.22. The second-order valence-corrected chi connectivity index (χ2v) is 5.52. The second kappa shape index (κ2) is 6.83. The van der Waals surface area contributed by atoms with E-state index in [0.717, 1.165) is 6.54 Å². The van der Waals surface area contributed by atoms with E-state index < -0.39 is 0 Å². The summed E-state index contributed by atoms with van der Waals surface area (Å²) in [5.74, 6) is 0. The molecule has 76 valence electrons. The van der Waals surface area contributed by atoms with Crippen LogP contribution in [0.1, 0.15) is 6.92 Å². The van der Waals surface area contributed by atoms with Gasteiger partial charge in [-0.2, -0.15) is 0 Å². The molecule has 0 aliphatic rings. The van der Waals surface area contributed by atoms with Crippen molar-refractivity contribution in [2.75, 3.05) is 6.54 Å². The zero-order chi connectivity index (χ0) is 10.2. The fourth-order valence-electron chi connectivity index (χ4n) is 1.08. The third-order valence-electron chi connectivity index (χ3n) is 1.85. The molecule has 0 aromatic heterocycles. The van der Waals surface area contributed by atoms with E-state index in [9.17, 15) is 0 Å². The zero-order valence-corrected chi connectivity index (χ0v) is 10.3. The summed E-state index contributed by atoms with van der Waals surface area (Å²) in [6, 6.07) is 11.3. The number of nitrogens with one attached hydrogen (secondary N) is 1. The first-order valence-electron chi connectivity index (χ1n) is 4.85. The van der Waals surface area contributed by atoms with E-state index in [1.807, 2.05) is 6.08 Å². The summed E-state index contributed by atoms with van der Waals surface area (Å²) >= 11 is 0.592. The van der Waals surface area contributed by atoms with Crippen LogP contribution in [0.3, 0.4) is 0 Å². The molecule has 1 aromatic rings. The van der Waals surface area contributed by atoms with E-state index >= 15 is 0 Å². The minimum atomic E-state index is 0.591. The predicted molar refractivity (Wildman–Crippen MR) is 64.3 cm³/mol. The van der Waals surface area contributed by atoms with Crippen LogP contribution >= 0.6 is 0 Å². The summed E-state index contributed by atoms with van der Waals surface area (Å²) in [5.41, 5.74) is 0. The molecule has 1 nitrogen and oxygen atoms in total. The van der Waals surface area contributed by atoms with Gasteiger partial charge >= 0.3 is 92.6 Å². The first kappa shape index (κ1) is 11.5. The van der Waals surface area contributed by atoms with Crippen molar-refractivity contribution in [3.8, 4) is 0 Å². The quantitative estimate of drug-likeness (QED) is 0.600. The molecule has 0 fully saturated rings. The Bertz CT molecular complexity index is 258. The Morgan fingerprint density at radius 1 is 1.43 bits per heavy atom. The Morgan fingerprint density at radius 2 is 2.14 bits per heavy atom. The Hall–Kier alpha value is -0.561. The molecule has 1 rings (SSSR count). The van der Waals surface area contributed by atoms with Gasteiger partial charge in [-0.25, -0.2) is 0 Å². The molecule has 0 amide bonds. The van der Waals surface area contributed by atoms with Gasteiger partial charge in [0.2, 0.25) is 0 Å². The molecular formula is C12H17NSe. The number of hydrogen-bond donors (Lipinski definition) is 1. The SMILES string of the molecule is C=CCNC(C)C[Se]c1ccccc1. The number of hydrogen-bond acceptors (Lipinski definition) is 1. The summed E-state index contributed by atoms with van der Waals surface area (Å²) in [6.45, 7) is 6.83. The summed E-state index contributed by atoms with van der Waals surface area (Å²) in [4.78, 5) is 0. The van der Waals surface area contributed by atoms with E-state index in [-0.39, 0.29) is 0 Å². The Kier molecular flexibility index (Phi) is 5.62. The first-order chi connectivity index (χ1) is 6.83. The van der Waals surface area contributed by atoms with Gasteiger partial charge < -0.3 is 0 Å². The van der Waals surface area contributed by atoms with Gasteiger partial charge in [0.15, 0.2) is 0 Å². The van der Waals surface area contributed by atoms with Crippen LogP contribution in [0.4, 0.5) is 0 Å². The molecule has 0 aliphatic carbocycles. The third kappa shape index (κ3) is 4.61. The van der Waals surface area contributed by atoms with Crippen molar-refractivity contribution in [1.29, 1.82) is 0 Å². The maximum atomic E-state index is 3.69. The molecule has 1 unspecified atom stereocenters. The fourth-order valence-corrected chi connectivity index (χ4v) is 2.99. The van der Waals surface area contributed by atoms with Crippen LogP contribution in [0, 0.1) is 0 Å². The van der Waals surface area contributed by atoms with Gasteiger partial charge in [-0.15, -0.1) is 0 Å². The molecule has 0 saturated carbocycles. The zero-order valence-electron chi connectivity index (χ0n) is 8.57. The molecular weight excluding hydrogens is 237 g/mol. The average molecular weight is 254 g/mol. The monoisotopic (exact) mass is 255 g/mol. The summed E-state index contributed by atoms with van der Waals surface area (Å²) in [7, 11) is 0. The van der Waals surface area contributed by atoms with Crippen LogP contribution in [0.25, 0.3) is 0 Å². The van der Waals surface area contributed by atoms with Gasteiger partial charge in [-0.1, -0.05) is 0 Å². The molecule has 0 radical (unpaired) electrons. The normalized spacial score (nSPS) is 12.4. The Balaban J connectivity index is 2.23. The molecule has 14 heavy (non-hydrogen) atoms. The van der Waals surface area contributed by atoms with E-state index in [1.165, 1.54) is 9.78 Å². The molecule has 0 spiro atoms. The number of benzene rings is 1. The predicted octanol–water partition coefficient (Wildman–Crippen LogP) is 1.60. The van der Waals surface area contributed by atoms with E-state index in [4.69, 9.17) is 0 Å². The van der Waals surface area contributed by atoms with Crippen LogP contribution in [0.5, 0.6) is 0 Å². The molecule has 1 atom stereocenters. The maximum absolute atomic E-state index is 3.69. The van der Waals surface area contributed by atoms with E-state index in [0.29, 0.717) is 21.0 Å². The van der Waals surface area contributed by atoms with Gasteiger partial charge in [0, 0.05) is 0 Å². The Labute approximate surface area is 92.8 Å². The van der Waals surface area contributed by atoms with Gasteiger partial charge in [0.1, 0.15) is 0 Å². The third-order valence-corrected chi connectivity index (χ3v) is 4.52. The van der Waals surface area contributed by atoms with Crippen molar-refractivity contribution < 1.29 is 0 Å². The van der Waals surface area contributed by atoms with Crippen LogP contribution in [0.2, 0.25) is 5.32 Å². The van der Waals surface area contributed by atoms with Crippen LogP contribution < -0.4 is 9.78 Å². The summed E-state index contributed by atoms with van der Waals surface area (Å²) in [5, 5.41) is 4.64.